The molecule has 1 aromatic heterocycles. The van der Waals surface area contributed by atoms with E-state index in [2.05, 4.69) is 20.6 Å². The number of H-pyrrole nitrogens is 1. The van der Waals surface area contributed by atoms with Gasteiger partial charge in [0.25, 0.3) is 10.9 Å². The van der Waals surface area contributed by atoms with E-state index in [1.54, 1.807) is 31.2 Å². The summed E-state index contributed by atoms with van der Waals surface area (Å²) in [7, 11) is 0. The minimum absolute atomic E-state index is 0.0809. The molecule has 31 heavy (non-hydrogen) atoms. The first kappa shape index (κ1) is 20.5. The Morgan fingerprint density at radius 1 is 1.10 bits per heavy atom. The van der Waals surface area contributed by atoms with Gasteiger partial charge >= 0.3 is 6.18 Å². The number of hydrogen-bond acceptors (Lipinski definition) is 6. The van der Waals surface area contributed by atoms with E-state index in [-0.39, 0.29) is 40.7 Å². The number of fused-ring (bicyclic) bond motifs is 1. The number of halogens is 3. The number of benzene rings is 2. The maximum atomic E-state index is 12.8. The number of rotatable bonds is 6. The van der Waals surface area contributed by atoms with Gasteiger partial charge in [-0.15, -0.1) is 0 Å². The summed E-state index contributed by atoms with van der Waals surface area (Å²) in [5, 5.41) is 15.4. The minimum Gasteiger partial charge on any atom is -0.508 e. The number of anilines is 2. The van der Waals surface area contributed by atoms with Crippen LogP contribution in [0.2, 0.25) is 0 Å². The Bertz CT molecular complexity index is 1340. The molecule has 10 heteroatoms. The molecule has 0 radical (unpaired) electrons. The molecule has 1 atom stereocenters. The Hall–Kier alpha value is -3.82. The van der Waals surface area contributed by atoms with Gasteiger partial charge in [0.2, 0.25) is 5.82 Å². The fourth-order valence-corrected chi connectivity index (χ4v) is 3.28. The van der Waals surface area contributed by atoms with E-state index in [1.165, 1.54) is 18.2 Å². The minimum atomic E-state index is -4.58. The average Bonchev–Trinajstić information content (AvgIpc) is 3.16. The molecule has 0 aliphatic rings. The summed E-state index contributed by atoms with van der Waals surface area (Å²) < 4.78 is 38.4. The van der Waals surface area contributed by atoms with Crippen molar-refractivity contribution in [3.05, 3.63) is 79.9 Å². The molecule has 3 aromatic carbocycles. The molecule has 4 N–H and O–H groups in total. The molecule has 0 spiro atoms. The van der Waals surface area contributed by atoms with Gasteiger partial charge in [-0.25, -0.2) is 4.98 Å². The second-order valence-electron chi connectivity index (χ2n) is 7.16. The second kappa shape index (κ2) is 7.46. The fraction of sp³-hybridized carbons (Fsp3) is 0.190. The van der Waals surface area contributed by atoms with Crippen molar-refractivity contribution in [2.24, 2.45) is 0 Å². The highest BCUT2D eigenvalue weighted by Crippen LogP contribution is 2.29. The summed E-state index contributed by atoms with van der Waals surface area (Å²) in [5.41, 5.74) is 0.621. The third-order valence-corrected chi connectivity index (χ3v) is 4.93. The predicted octanol–water partition coefficient (Wildman–Crippen LogP) is 3.67. The fourth-order valence-electron chi connectivity index (χ4n) is 3.28. The number of alkyl halides is 3. The molecule has 0 aliphatic carbocycles. The van der Waals surface area contributed by atoms with Crippen LogP contribution in [0.1, 0.15) is 29.9 Å². The zero-order valence-corrected chi connectivity index (χ0v) is 16.2. The lowest BCUT2D eigenvalue weighted by molar-refractivity contribution is -0.144. The number of nitrogens with one attached hydrogen (secondary N) is 3. The molecule has 0 bridgehead atoms. The number of phenols is 1. The van der Waals surface area contributed by atoms with E-state index in [1.807, 2.05) is 0 Å². The molecule has 4 rings (SSSR count). The Kier molecular flexibility index (Phi) is 4.92. The van der Waals surface area contributed by atoms with E-state index < -0.39 is 22.9 Å². The zero-order chi connectivity index (χ0) is 22.3. The van der Waals surface area contributed by atoms with Crippen molar-refractivity contribution in [2.75, 3.05) is 10.6 Å². The standard InChI is InChI=1S/C21H17F3N4O3/c1-10(12-3-2-4-13(29)8-12)26-17-16(18(30)19(17)31)25-9-11-5-6-14-15(7-11)28-20(27-14)21(22,23)24/h2-8,10,25-26,29H,9H2,1H3,(H,27,28)/t10-/m1/s1. The lowest BCUT2D eigenvalue weighted by Crippen LogP contribution is -2.37. The number of phenolic OH excluding ortho intramolecular Hbond substituents is 1. The second-order valence-corrected chi connectivity index (χ2v) is 7.16. The van der Waals surface area contributed by atoms with Crippen molar-refractivity contribution in [3.63, 3.8) is 0 Å². The Morgan fingerprint density at radius 3 is 2.55 bits per heavy atom. The highest BCUT2D eigenvalue weighted by Gasteiger charge is 2.34. The van der Waals surface area contributed by atoms with Crippen LogP contribution in [0.3, 0.4) is 0 Å². The Labute approximate surface area is 173 Å². The predicted molar refractivity (Wildman–Crippen MR) is 110 cm³/mol. The molecule has 0 amide bonds. The van der Waals surface area contributed by atoms with Gasteiger partial charge in [-0.2, -0.15) is 13.2 Å². The first-order valence-corrected chi connectivity index (χ1v) is 9.32. The molecular formula is C21H17F3N4O3. The van der Waals surface area contributed by atoms with Crippen LogP contribution in [0, 0.1) is 0 Å². The van der Waals surface area contributed by atoms with Gasteiger partial charge in [0, 0.05) is 12.6 Å². The molecule has 7 nitrogen and oxygen atoms in total. The van der Waals surface area contributed by atoms with Crippen LogP contribution in [0.15, 0.2) is 52.1 Å². The Morgan fingerprint density at radius 2 is 1.84 bits per heavy atom. The smallest absolute Gasteiger partial charge is 0.449 e. The molecule has 0 saturated heterocycles. The van der Waals surface area contributed by atoms with Crippen molar-refractivity contribution >= 4 is 22.4 Å². The molecule has 0 saturated carbocycles. The number of aromatic hydroxyl groups is 1. The lowest BCUT2D eigenvalue weighted by Gasteiger charge is -2.20. The maximum absolute atomic E-state index is 12.8. The van der Waals surface area contributed by atoms with Gasteiger partial charge in [0.05, 0.1) is 11.0 Å². The largest absolute Gasteiger partial charge is 0.508 e. The topological polar surface area (TPSA) is 107 Å². The van der Waals surface area contributed by atoms with Crippen LogP contribution in [0.25, 0.3) is 11.0 Å². The summed E-state index contributed by atoms with van der Waals surface area (Å²) >= 11 is 0. The SMILES string of the molecule is C[C@@H](Nc1c(NCc2ccc3nc(C(F)(F)F)[nH]c3c2)c(=O)c1=O)c1cccc(O)c1. The van der Waals surface area contributed by atoms with Gasteiger partial charge in [-0.3, -0.25) is 9.59 Å². The summed E-state index contributed by atoms with van der Waals surface area (Å²) in [6, 6.07) is 10.7. The third-order valence-electron chi connectivity index (χ3n) is 4.93. The lowest BCUT2D eigenvalue weighted by atomic mass is 10.1. The van der Waals surface area contributed by atoms with E-state index >= 15 is 0 Å². The number of aromatic amines is 1. The van der Waals surface area contributed by atoms with Crippen molar-refractivity contribution in [1.29, 1.82) is 0 Å². The summed E-state index contributed by atoms with van der Waals surface area (Å²) in [6.45, 7) is 1.90. The number of hydrogen-bond donors (Lipinski definition) is 4. The van der Waals surface area contributed by atoms with Crippen LogP contribution in [0.5, 0.6) is 5.75 Å². The van der Waals surface area contributed by atoms with Crippen LogP contribution < -0.4 is 21.5 Å². The van der Waals surface area contributed by atoms with Crippen molar-refractivity contribution in [1.82, 2.24) is 9.97 Å². The average molecular weight is 430 g/mol. The third kappa shape index (κ3) is 3.96. The van der Waals surface area contributed by atoms with E-state index in [0.29, 0.717) is 5.56 Å². The maximum Gasteiger partial charge on any atom is 0.449 e. The Balaban J connectivity index is 1.50. The summed E-state index contributed by atoms with van der Waals surface area (Å²) in [4.78, 5) is 29.8. The normalized spacial score (nSPS) is 12.9. The van der Waals surface area contributed by atoms with Crippen LogP contribution in [-0.4, -0.2) is 15.1 Å². The van der Waals surface area contributed by atoms with Gasteiger partial charge in [-0.05, 0) is 42.3 Å². The summed E-state index contributed by atoms with van der Waals surface area (Å²) in [5.74, 6) is -1.00. The first-order chi connectivity index (χ1) is 14.6. The molecule has 0 aliphatic heterocycles. The summed E-state index contributed by atoms with van der Waals surface area (Å²) in [6.07, 6.45) is -4.58. The molecule has 160 valence electrons. The molecule has 0 fully saturated rings. The quantitative estimate of drug-likeness (QED) is 0.348. The molecular weight excluding hydrogens is 413 g/mol. The molecule has 0 unspecified atom stereocenters. The first-order valence-electron chi connectivity index (χ1n) is 9.32. The van der Waals surface area contributed by atoms with E-state index in [0.717, 1.165) is 5.56 Å². The van der Waals surface area contributed by atoms with E-state index in [9.17, 15) is 27.9 Å². The molecule has 4 aromatic rings. The van der Waals surface area contributed by atoms with Crippen LogP contribution in [0.4, 0.5) is 24.5 Å². The van der Waals surface area contributed by atoms with E-state index in [4.69, 9.17) is 0 Å². The number of imidazole rings is 1. The monoisotopic (exact) mass is 430 g/mol. The van der Waals surface area contributed by atoms with Crippen molar-refractivity contribution in [3.8, 4) is 5.75 Å². The van der Waals surface area contributed by atoms with Gasteiger partial charge in [0.1, 0.15) is 17.1 Å². The number of aromatic nitrogens is 2. The van der Waals surface area contributed by atoms with Crippen LogP contribution in [-0.2, 0) is 12.7 Å². The molecule has 1 heterocycles. The van der Waals surface area contributed by atoms with Crippen molar-refractivity contribution < 1.29 is 18.3 Å². The highest BCUT2D eigenvalue weighted by atomic mass is 19.4. The zero-order valence-electron chi connectivity index (χ0n) is 16.2. The van der Waals surface area contributed by atoms with Crippen LogP contribution >= 0.6 is 0 Å². The number of nitrogens with zero attached hydrogens (tertiary/aromatic N) is 1. The van der Waals surface area contributed by atoms with Gasteiger partial charge in [-0.1, -0.05) is 18.2 Å². The highest BCUT2D eigenvalue weighted by molar-refractivity contribution is 5.77. The van der Waals surface area contributed by atoms with Crippen molar-refractivity contribution in [2.45, 2.75) is 25.7 Å². The van der Waals surface area contributed by atoms with Gasteiger partial charge in [0.15, 0.2) is 0 Å². The van der Waals surface area contributed by atoms with Gasteiger partial charge < -0.3 is 20.7 Å².